The number of carbonyl (C=O) groups is 1. The van der Waals surface area contributed by atoms with Crippen molar-refractivity contribution in [2.75, 3.05) is 13.2 Å². The number of hydrogen-bond donors (Lipinski definition) is 1. The Morgan fingerprint density at radius 3 is 2.68 bits per heavy atom. The van der Waals surface area contributed by atoms with Gasteiger partial charge >= 0.3 is 0 Å². The molecule has 0 radical (unpaired) electrons. The zero-order valence-electron chi connectivity index (χ0n) is 12.6. The van der Waals surface area contributed by atoms with E-state index < -0.39 is 0 Å². The van der Waals surface area contributed by atoms with Crippen LogP contribution in [0, 0.1) is 6.92 Å². The highest BCUT2D eigenvalue weighted by molar-refractivity contribution is 9.10. The minimum absolute atomic E-state index is 0.0347. The summed E-state index contributed by atoms with van der Waals surface area (Å²) in [6, 6.07) is 16.0. The smallest absolute Gasteiger partial charge is 0.257 e. The van der Waals surface area contributed by atoms with E-state index in [9.17, 15) is 4.79 Å². The average molecular weight is 362 g/mol. The zero-order chi connectivity index (χ0) is 15.8. The van der Waals surface area contributed by atoms with Gasteiger partial charge < -0.3 is 10.1 Å². The van der Waals surface area contributed by atoms with E-state index in [0.29, 0.717) is 12.3 Å². The van der Waals surface area contributed by atoms with Gasteiger partial charge in [-0.25, -0.2) is 0 Å². The molecule has 3 nitrogen and oxygen atoms in total. The topological polar surface area (TPSA) is 38.3 Å². The molecule has 0 unspecified atom stereocenters. The molecular weight excluding hydrogens is 342 g/mol. The van der Waals surface area contributed by atoms with E-state index in [1.807, 2.05) is 43.3 Å². The summed E-state index contributed by atoms with van der Waals surface area (Å²) in [6.45, 7) is 2.70. The second-order valence-electron chi connectivity index (χ2n) is 5.16. The van der Waals surface area contributed by atoms with Crippen LogP contribution in [0.4, 0.5) is 0 Å². The van der Waals surface area contributed by atoms with E-state index in [4.69, 9.17) is 4.74 Å². The van der Waals surface area contributed by atoms with Crippen molar-refractivity contribution in [1.82, 2.24) is 5.32 Å². The third-order valence-corrected chi connectivity index (χ3v) is 3.87. The van der Waals surface area contributed by atoms with Gasteiger partial charge in [0.05, 0.1) is 4.47 Å². The number of rotatable bonds is 7. The number of benzene rings is 2. The third kappa shape index (κ3) is 5.53. The Morgan fingerprint density at radius 1 is 1.18 bits per heavy atom. The number of amides is 1. The molecule has 22 heavy (non-hydrogen) atoms. The first-order valence-electron chi connectivity index (χ1n) is 7.35. The first-order valence-corrected chi connectivity index (χ1v) is 8.14. The van der Waals surface area contributed by atoms with Crippen molar-refractivity contribution >= 4 is 21.8 Å². The van der Waals surface area contributed by atoms with Crippen molar-refractivity contribution in [2.24, 2.45) is 0 Å². The molecule has 2 aromatic rings. The monoisotopic (exact) mass is 361 g/mol. The lowest BCUT2D eigenvalue weighted by Gasteiger charge is -2.09. The standard InChI is InChI=1S/C18H20BrNO2/c1-14-9-10-17(16(19)12-14)22-13-18(21)20-11-5-8-15-6-3-2-4-7-15/h2-4,6-7,9-10,12H,5,8,11,13H2,1H3,(H,20,21). The molecule has 0 heterocycles. The fraction of sp³-hybridized carbons (Fsp3) is 0.278. The maximum absolute atomic E-state index is 11.8. The molecule has 0 aromatic heterocycles. The van der Waals surface area contributed by atoms with Crippen LogP contribution in [0.15, 0.2) is 53.0 Å². The molecule has 2 rings (SSSR count). The molecule has 4 heteroatoms. The van der Waals surface area contributed by atoms with Gasteiger partial charge in [-0.2, -0.15) is 0 Å². The number of aryl methyl sites for hydroxylation is 2. The van der Waals surface area contributed by atoms with Gasteiger partial charge in [0.1, 0.15) is 5.75 Å². The Bertz CT molecular complexity index is 614. The highest BCUT2D eigenvalue weighted by Crippen LogP contribution is 2.25. The molecule has 0 saturated carbocycles. The molecule has 0 aliphatic rings. The predicted molar refractivity (Wildman–Crippen MR) is 92.1 cm³/mol. The quantitative estimate of drug-likeness (QED) is 0.759. The third-order valence-electron chi connectivity index (χ3n) is 3.25. The van der Waals surface area contributed by atoms with Gasteiger partial charge in [-0.3, -0.25) is 4.79 Å². The molecule has 0 atom stereocenters. The van der Waals surface area contributed by atoms with Crippen LogP contribution >= 0.6 is 15.9 Å². The van der Waals surface area contributed by atoms with Gasteiger partial charge in [0, 0.05) is 6.54 Å². The summed E-state index contributed by atoms with van der Waals surface area (Å²) in [5.74, 6) is 0.588. The predicted octanol–water partition coefficient (Wildman–Crippen LogP) is 3.89. The first kappa shape index (κ1) is 16.6. The lowest BCUT2D eigenvalue weighted by molar-refractivity contribution is -0.123. The van der Waals surface area contributed by atoms with Crippen LogP contribution < -0.4 is 10.1 Å². The second kappa shape index (κ2) is 8.59. The highest BCUT2D eigenvalue weighted by atomic mass is 79.9. The molecule has 0 aliphatic carbocycles. The molecular formula is C18H20BrNO2. The van der Waals surface area contributed by atoms with Gasteiger partial charge in [-0.1, -0.05) is 36.4 Å². The minimum atomic E-state index is -0.0967. The number of hydrogen-bond acceptors (Lipinski definition) is 2. The molecule has 1 N–H and O–H groups in total. The molecule has 2 aromatic carbocycles. The SMILES string of the molecule is Cc1ccc(OCC(=O)NCCCc2ccccc2)c(Br)c1. The number of halogens is 1. The van der Waals surface area contributed by atoms with Crippen molar-refractivity contribution in [2.45, 2.75) is 19.8 Å². The fourth-order valence-electron chi connectivity index (χ4n) is 2.08. The van der Waals surface area contributed by atoms with Crippen molar-refractivity contribution < 1.29 is 9.53 Å². The van der Waals surface area contributed by atoms with E-state index in [2.05, 4.69) is 33.4 Å². The summed E-state index contributed by atoms with van der Waals surface area (Å²) in [4.78, 5) is 11.8. The van der Waals surface area contributed by atoms with Gasteiger partial charge in [0.15, 0.2) is 6.61 Å². The summed E-state index contributed by atoms with van der Waals surface area (Å²) in [5.41, 5.74) is 2.43. The van der Waals surface area contributed by atoms with Gasteiger partial charge in [0.25, 0.3) is 5.91 Å². The summed E-state index contributed by atoms with van der Waals surface area (Å²) < 4.78 is 6.38. The van der Waals surface area contributed by atoms with E-state index >= 15 is 0 Å². The lowest BCUT2D eigenvalue weighted by atomic mass is 10.1. The van der Waals surface area contributed by atoms with Crippen LogP contribution in [0.5, 0.6) is 5.75 Å². The van der Waals surface area contributed by atoms with E-state index in [-0.39, 0.29) is 12.5 Å². The number of carbonyl (C=O) groups excluding carboxylic acids is 1. The Morgan fingerprint density at radius 2 is 1.95 bits per heavy atom. The molecule has 0 aliphatic heterocycles. The maximum Gasteiger partial charge on any atom is 0.257 e. The molecule has 116 valence electrons. The molecule has 0 fully saturated rings. The fourth-order valence-corrected chi connectivity index (χ4v) is 2.69. The minimum Gasteiger partial charge on any atom is -0.483 e. The maximum atomic E-state index is 11.8. The van der Waals surface area contributed by atoms with E-state index in [1.54, 1.807) is 0 Å². The largest absolute Gasteiger partial charge is 0.483 e. The highest BCUT2D eigenvalue weighted by Gasteiger charge is 2.05. The van der Waals surface area contributed by atoms with E-state index in [1.165, 1.54) is 5.56 Å². The second-order valence-corrected chi connectivity index (χ2v) is 6.02. The van der Waals surface area contributed by atoms with E-state index in [0.717, 1.165) is 22.9 Å². The Balaban J connectivity index is 1.65. The molecule has 0 bridgehead atoms. The molecule has 0 saturated heterocycles. The number of nitrogens with one attached hydrogen (secondary N) is 1. The Hall–Kier alpha value is -1.81. The normalized spacial score (nSPS) is 10.3. The first-order chi connectivity index (χ1) is 10.6. The summed E-state index contributed by atoms with van der Waals surface area (Å²) in [7, 11) is 0. The van der Waals surface area contributed by atoms with Crippen LogP contribution in [0.1, 0.15) is 17.5 Å². The summed E-state index contributed by atoms with van der Waals surface area (Å²) in [5, 5.41) is 2.87. The Labute approximate surface area is 139 Å². The lowest BCUT2D eigenvalue weighted by Crippen LogP contribution is -2.29. The van der Waals surface area contributed by atoms with Crippen LogP contribution in [0.2, 0.25) is 0 Å². The average Bonchev–Trinajstić information content (AvgIpc) is 2.52. The molecule has 0 spiro atoms. The van der Waals surface area contributed by atoms with Gasteiger partial charge in [0.2, 0.25) is 0 Å². The molecule has 1 amide bonds. The van der Waals surface area contributed by atoms with Gasteiger partial charge in [-0.15, -0.1) is 0 Å². The van der Waals surface area contributed by atoms with Crippen molar-refractivity contribution in [3.63, 3.8) is 0 Å². The zero-order valence-corrected chi connectivity index (χ0v) is 14.2. The van der Waals surface area contributed by atoms with Crippen molar-refractivity contribution in [3.8, 4) is 5.75 Å². The van der Waals surface area contributed by atoms with Crippen molar-refractivity contribution in [1.29, 1.82) is 0 Å². The van der Waals surface area contributed by atoms with Crippen LogP contribution in [0.3, 0.4) is 0 Å². The van der Waals surface area contributed by atoms with Crippen LogP contribution in [0.25, 0.3) is 0 Å². The number of ether oxygens (including phenoxy) is 1. The van der Waals surface area contributed by atoms with Crippen molar-refractivity contribution in [3.05, 3.63) is 64.1 Å². The summed E-state index contributed by atoms with van der Waals surface area (Å²) in [6.07, 6.45) is 1.88. The summed E-state index contributed by atoms with van der Waals surface area (Å²) >= 11 is 3.43. The Kier molecular flexibility index (Phi) is 6.46. The van der Waals surface area contributed by atoms with Gasteiger partial charge in [-0.05, 0) is 59.0 Å². The van der Waals surface area contributed by atoms with Crippen LogP contribution in [-0.4, -0.2) is 19.1 Å². The van der Waals surface area contributed by atoms with Crippen LogP contribution in [-0.2, 0) is 11.2 Å².